The van der Waals surface area contributed by atoms with E-state index in [1.54, 1.807) is 0 Å². The number of hydrogen-bond acceptors (Lipinski definition) is 6. The smallest absolute Gasteiger partial charge is 0.320 e. The molecule has 1 rings (SSSR count). The Balaban J connectivity index is 2.95. The van der Waals surface area contributed by atoms with Crippen LogP contribution in [0.4, 0.5) is 5.69 Å². The van der Waals surface area contributed by atoms with Crippen molar-refractivity contribution in [3.05, 3.63) is 18.2 Å². The Kier molecular flexibility index (Phi) is 4.51. The lowest BCUT2D eigenvalue weighted by molar-refractivity contribution is -0.139. The fourth-order valence-corrected chi connectivity index (χ4v) is 2.15. The van der Waals surface area contributed by atoms with Gasteiger partial charge in [0, 0.05) is 6.07 Å². The molecule has 0 bridgehead atoms. The van der Waals surface area contributed by atoms with Crippen molar-refractivity contribution in [2.75, 3.05) is 26.5 Å². The summed E-state index contributed by atoms with van der Waals surface area (Å²) in [5.74, 6) is -0.433. The largest absolute Gasteiger partial charge is 0.495 e. The predicted octanol–water partition coefficient (Wildman–Crippen LogP) is -0.271. The second-order valence-corrected chi connectivity index (χ2v) is 5.07. The summed E-state index contributed by atoms with van der Waals surface area (Å²) in [6.07, 6.45) is 0. The maximum Gasteiger partial charge on any atom is 0.320 e. The third kappa shape index (κ3) is 3.34. The Morgan fingerprint density at radius 2 is 2.06 bits per heavy atom. The summed E-state index contributed by atoms with van der Waals surface area (Å²) < 4.78 is 35.0. The van der Waals surface area contributed by atoms with Gasteiger partial charge >= 0.3 is 5.97 Å². The molecule has 0 radical (unpaired) electrons. The Hall–Kier alpha value is -1.80. The lowest BCUT2D eigenvalue weighted by atomic mass is 10.3. The average molecular weight is 274 g/mol. The van der Waals surface area contributed by atoms with Gasteiger partial charge in [-0.25, -0.2) is 8.42 Å². The van der Waals surface area contributed by atoms with E-state index < -0.39 is 22.5 Å². The minimum atomic E-state index is -3.80. The van der Waals surface area contributed by atoms with Crippen LogP contribution >= 0.6 is 0 Å². The van der Waals surface area contributed by atoms with Crippen LogP contribution in [0, 0.1) is 0 Å². The average Bonchev–Trinajstić information content (AvgIpc) is 2.36. The maximum atomic E-state index is 11.8. The Morgan fingerprint density at radius 1 is 1.39 bits per heavy atom. The van der Waals surface area contributed by atoms with Crippen LogP contribution in [-0.2, 0) is 19.6 Å². The number of methoxy groups -OCH3 is 2. The molecule has 0 heterocycles. The van der Waals surface area contributed by atoms with E-state index in [1.165, 1.54) is 32.4 Å². The highest BCUT2D eigenvalue weighted by atomic mass is 32.2. The Labute approximate surface area is 105 Å². The predicted molar refractivity (Wildman–Crippen MR) is 64.6 cm³/mol. The fraction of sp³-hybridized carbons (Fsp3) is 0.300. The number of ether oxygens (including phenoxy) is 2. The van der Waals surface area contributed by atoms with Gasteiger partial charge < -0.3 is 15.2 Å². The first-order valence-corrected chi connectivity index (χ1v) is 6.39. The summed E-state index contributed by atoms with van der Waals surface area (Å²) >= 11 is 0. The van der Waals surface area contributed by atoms with Gasteiger partial charge in [0.25, 0.3) is 0 Å². The number of anilines is 1. The number of nitrogens with one attached hydrogen (secondary N) is 1. The zero-order valence-electron chi connectivity index (χ0n) is 9.97. The first kappa shape index (κ1) is 14.3. The van der Waals surface area contributed by atoms with Gasteiger partial charge in [0.15, 0.2) is 0 Å². The normalized spacial score (nSPS) is 11.0. The van der Waals surface area contributed by atoms with Crippen LogP contribution in [-0.4, -0.2) is 35.2 Å². The van der Waals surface area contributed by atoms with Crippen molar-refractivity contribution in [3.8, 4) is 5.75 Å². The minimum absolute atomic E-state index is 0.0440. The molecule has 0 aliphatic rings. The SMILES string of the molecule is COC(=O)CNS(=O)(=O)c1ccc(N)c(OC)c1. The van der Waals surface area contributed by atoms with E-state index in [1.807, 2.05) is 0 Å². The highest BCUT2D eigenvalue weighted by molar-refractivity contribution is 7.89. The monoisotopic (exact) mass is 274 g/mol. The van der Waals surface area contributed by atoms with Crippen LogP contribution in [0.5, 0.6) is 5.75 Å². The van der Waals surface area contributed by atoms with E-state index in [4.69, 9.17) is 10.5 Å². The van der Waals surface area contributed by atoms with E-state index in [-0.39, 0.29) is 10.6 Å². The van der Waals surface area contributed by atoms with Crippen molar-refractivity contribution in [1.82, 2.24) is 4.72 Å². The number of nitrogen functional groups attached to an aromatic ring is 1. The number of carbonyl (C=O) groups is 1. The molecule has 1 aromatic rings. The van der Waals surface area contributed by atoms with E-state index in [9.17, 15) is 13.2 Å². The molecule has 3 N–H and O–H groups in total. The molecule has 0 saturated heterocycles. The number of nitrogens with two attached hydrogens (primary N) is 1. The zero-order valence-corrected chi connectivity index (χ0v) is 10.8. The van der Waals surface area contributed by atoms with E-state index >= 15 is 0 Å². The Morgan fingerprint density at radius 3 is 2.61 bits per heavy atom. The van der Waals surface area contributed by atoms with Crippen LogP contribution in [0.1, 0.15) is 0 Å². The molecule has 100 valence electrons. The number of hydrogen-bond donors (Lipinski definition) is 2. The number of rotatable bonds is 5. The molecule has 0 aromatic heterocycles. The van der Waals surface area contributed by atoms with E-state index in [0.717, 1.165) is 0 Å². The molecule has 18 heavy (non-hydrogen) atoms. The number of esters is 1. The zero-order chi connectivity index (χ0) is 13.8. The van der Waals surface area contributed by atoms with E-state index in [0.29, 0.717) is 5.69 Å². The van der Waals surface area contributed by atoms with Crippen molar-refractivity contribution in [2.24, 2.45) is 0 Å². The molecule has 0 spiro atoms. The van der Waals surface area contributed by atoms with Crippen molar-refractivity contribution in [3.63, 3.8) is 0 Å². The van der Waals surface area contributed by atoms with Crippen molar-refractivity contribution >= 4 is 21.7 Å². The molecule has 0 amide bonds. The van der Waals surface area contributed by atoms with Gasteiger partial charge in [0.1, 0.15) is 12.3 Å². The molecule has 0 aliphatic carbocycles. The van der Waals surface area contributed by atoms with Gasteiger partial charge in [0.2, 0.25) is 10.0 Å². The van der Waals surface area contributed by atoms with Crippen molar-refractivity contribution < 1.29 is 22.7 Å². The van der Waals surface area contributed by atoms with E-state index in [2.05, 4.69) is 9.46 Å². The summed E-state index contributed by atoms with van der Waals surface area (Å²) in [6, 6.07) is 4.00. The van der Waals surface area contributed by atoms with Crippen molar-refractivity contribution in [2.45, 2.75) is 4.90 Å². The van der Waals surface area contributed by atoms with Gasteiger partial charge in [-0.05, 0) is 12.1 Å². The summed E-state index contributed by atoms with van der Waals surface area (Å²) in [4.78, 5) is 10.8. The quantitative estimate of drug-likeness (QED) is 0.565. The molecule has 8 heteroatoms. The molecule has 0 unspecified atom stereocenters. The highest BCUT2D eigenvalue weighted by Gasteiger charge is 2.17. The first-order chi connectivity index (χ1) is 8.40. The number of benzene rings is 1. The first-order valence-electron chi connectivity index (χ1n) is 4.90. The van der Waals surface area contributed by atoms with Crippen molar-refractivity contribution in [1.29, 1.82) is 0 Å². The van der Waals surface area contributed by atoms with Crippen LogP contribution < -0.4 is 15.2 Å². The summed E-state index contributed by atoms with van der Waals surface area (Å²) in [5.41, 5.74) is 5.90. The van der Waals surface area contributed by atoms with Gasteiger partial charge in [0.05, 0.1) is 24.8 Å². The lowest BCUT2D eigenvalue weighted by Crippen LogP contribution is -2.30. The minimum Gasteiger partial charge on any atom is -0.495 e. The summed E-state index contributed by atoms with van der Waals surface area (Å²) in [5, 5.41) is 0. The molecule has 1 aromatic carbocycles. The molecule has 0 aliphatic heterocycles. The molecule has 0 atom stereocenters. The summed E-state index contributed by atoms with van der Waals surface area (Å²) in [6.45, 7) is -0.439. The standard InChI is InChI=1S/C10H14N2O5S/c1-16-9-5-7(3-4-8(9)11)18(14,15)12-6-10(13)17-2/h3-5,12H,6,11H2,1-2H3. The second kappa shape index (κ2) is 5.69. The molecule has 0 fully saturated rings. The van der Waals surface area contributed by atoms with Crippen LogP contribution in [0.25, 0.3) is 0 Å². The topological polar surface area (TPSA) is 108 Å². The van der Waals surface area contributed by atoms with Gasteiger partial charge in [-0.15, -0.1) is 0 Å². The summed E-state index contributed by atoms with van der Waals surface area (Å²) in [7, 11) is -1.25. The van der Waals surface area contributed by atoms with Gasteiger partial charge in [-0.2, -0.15) is 4.72 Å². The number of carbonyl (C=O) groups excluding carboxylic acids is 1. The third-order valence-electron chi connectivity index (χ3n) is 2.15. The van der Waals surface area contributed by atoms with Crippen LogP contribution in [0.3, 0.4) is 0 Å². The molecular weight excluding hydrogens is 260 g/mol. The Bertz CT molecular complexity index is 541. The maximum absolute atomic E-state index is 11.8. The molecule has 7 nitrogen and oxygen atoms in total. The third-order valence-corrected chi connectivity index (χ3v) is 3.55. The fourth-order valence-electron chi connectivity index (χ4n) is 1.17. The lowest BCUT2D eigenvalue weighted by Gasteiger charge is -2.09. The molecular formula is C10H14N2O5S. The molecule has 0 saturated carbocycles. The highest BCUT2D eigenvalue weighted by Crippen LogP contribution is 2.24. The second-order valence-electron chi connectivity index (χ2n) is 3.30. The van der Waals surface area contributed by atoms with Crippen LogP contribution in [0.2, 0.25) is 0 Å². The number of sulfonamides is 1. The van der Waals surface area contributed by atoms with Gasteiger partial charge in [-0.3, -0.25) is 4.79 Å². The van der Waals surface area contributed by atoms with Gasteiger partial charge in [-0.1, -0.05) is 0 Å². The van der Waals surface area contributed by atoms with Crippen LogP contribution in [0.15, 0.2) is 23.1 Å².